The number of methoxy groups -OCH3 is 1. The van der Waals surface area contributed by atoms with Crippen molar-refractivity contribution in [3.8, 4) is 5.75 Å². The highest BCUT2D eigenvalue weighted by atomic mass is 79.9. The minimum atomic E-state index is -4.86. The van der Waals surface area contributed by atoms with Gasteiger partial charge in [-0.15, -0.1) is 13.2 Å². The molecule has 1 aromatic rings. The number of hydrogen-bond donors (Lipinski definition) is 1. The van der Waals surface area contributed by atoms with Crippen molar-refractivity contribution >= 4 is 27.6 Å². The molecule has 8 heteroatoms. The maximum atomic E-state index is 12.0. The van der Waals surface area contributed by atoms with Crippen molar-refractivity contribution in [1.29, 1.82) is 0 Å². The second kappa shape index (κ2) is 4.82. The predicted molar refractivity (Wildman–Crippen MR) is 56.6 cm³/mol. The van der Waals surface area contributed by atoms with Gasteiger partial charge in [0.2, 0.25) is 0 Å². The molecule has 0 atom stereocenters. The smallest absolute Gasteiger partial charge is 0.465 e. The first-order valence-corrected chi connectivity index (χ1v) is 4.97. The molecular weight excluding hydrogens is 307 g/mol. The van der Waals surface area contributed by atoms with Crippen molar-refractivity contribution < 1.29 is 27.4 Å². The van der Waals surface area contributed by atoms with Gasteiger partial charge in [0.1, 0.15) is 11.3 Å². The average molecular weight is 314 g/mol. The topological polar surface area (TPSA) is 61.5 Å². The molecule has 0 saturated heterocycles. The van der Waals surface area contributed by atoms with Crippen LogP contribution in [0.3, 0.4) is 0 Å². The Morgan fingerprint density at radius 1 is 1.41 bits per heavy atom. The fourth-order valence-corrected chi connectivity index (χ4v) is 1.69. The van der Waals surface area contributed by atoms with Gasteiger partial charge < -0.3 is 15.2 Å². The first kappa shape index (κ1) is 13.6. The van der Waals surface area contributed by atoms with Gasteiger partial charge >= 0.3 is 12.3 Å². The third-order valence-electron chi connectivity index (χ3n) is 1.75. The minimum Gasteiger partial charge on any atom is -0.465 e. The van der Waals surface area contributed by atoms with E-state index in [4.69, 9.17) is 5.73 Å². The normalized spacial score (nSPS) is 11.1. The third-order valence-corrected chi connectivity index (χ3v) is 2.54. The summed E-state index contributed by atoms with van der Waals surface area (Å²) in [6, 6.07) is 2.12. The summed E-state index contributed by atoms with van der Waals surface area (Å²) in [5, 5.41) is 0. The van der Waals surface area contributed by atoms with Crippen LogP contribution in [-0.4, -0.2) is 19.4 Å². The minimum absolute atomic E-state index is 0.0155. The first-order chi connectivity index (χ1) is 7.76. The van der Waals surface area contributed by atoms with Crippen molar-refractivity contribution in [2.75, 3.05) is 12.8 Å². The van der Waals surface area contributed by atoms with Gasteiger partial charge in [-0.1, -0.05) is 0 Å². The second-order valence-electron chi connectivity index (χ2n) is 2.88. The number of esters is 1. The van der Waals surface area contributed by atoms with E-state index in [9.17, 15) is 18.0 Å². The van der Waals surface area contributed by atoms with E-state index in [1.54, 1.807) is 0 Å². The summed E-state index contributed by atoms with van der Waals surface area (Å²) in [7, 11) is 1.09. The lowest BCUT2D eigenvalue weighted by Gasteiger charge is -2.13. The highest BCUT2D eigenvalue weighted by Crippen LogP contribution is 2.36. The van der Waals surface area contributed by atoms with Crippen LogP contribution in [0, 0.1) is 0 Å². The quantitative estimate of drug-likeness (QED) is 0.673. The summed E-state index contributed by atoms with van der Waals surface area (Å²) in [5.74, 6) is -1.42. The van der Waals surface area contributed by atoms with Gasteiger partial charge in [-0.3, -0.25) is 0 Å². The number of hydrogen-bond acceptors (Lipinski definition) is 4. The molecule has 2 N–H and O–H groups in total. The molecule has 0 heterocycles. The number of carbonyl (C=O) groups excluding carboxylic acids is 1. The molecule has 0 radical (unpaired) electrons. The molecule has 0 amide bonds. The maximum absolute atomic E-state index is 12.0. The molecule has 0 aliphatic carbocycles. The molecule has 0 bridgehead atoms. The van der Waals surface area contributed by atoms with Crippen molar-refractivity contribution in [3.63, 3.8) is 0 Å². The van der Waals surface area contributed by atoms with Gasteiger partial charge in [0.25, 0.3) is 0 Å². The number of benzene rings is 1. The summed E-state index contributed by atoms with van der Waals surface area (Å²) in [5.41, 5.74) is 5.23. The molecule has 0 aromatic heterocycles. The van der Waals surface area contributed by atoms with Crippen LogP contribution in [0.2, 0.25) is 0 Å². The van der Waals surface area contributed by atoms with Crippen LogP contribution in [0.25, 0.3) is 0 Å². The number of nitrogen functional groups attached to an aromatic ring is 1. The molecule has 0 aliphatic rings. The Morgan fingerprint density at radius 3 is 2.47 bits per heavy atom. The van der Waals surface area contributed by atoms with Crippen LogP contribution in [0.1, 0.15) is 10.4 Å². The van der Waals surface area contributed by atoms with Crippen molar-refractivity contribution in [2.45, 2.75) is 6.36 Å². The largest absolute Gasteiger partial charge is 0.573 e. The molecule has 1 aromatic carbocycles. The van der Waals surface area contributed by atoms with E-state index in [1.165, 1.54) is 0 Å². The lowest BCUT2D eigenvalue weighted by atomic mass is 10.2. The third kappa shape index (κ3) is 3.26. The average Bonchev–Trinajstić information content (AvgIpc) is 2.20. The van der Waals surface area contributed by atoms with E-state index in [2.05, 4.69) is 25.4 Å². The van der Waals surface area contributed by atoms with E-state index in [-0.39, 0.29) is 15.7 Å². The monoisotopic (exact) mass is 313 g/mol. The fraction of sp³-hybridized carbons (Fsp3) is 0.222. The standard InChI is InChI=1S/C9H7BrF3NO3/c1-16-8(15)6-4(14)2-3-5(7(6)10)17-9(11,12)13/h2-3H,14H2,1H3. The molecule has 94 valence electrons. The van der Waals surface area contributed by atoms with Gasteiger partial charge in [0, 0.05) is 5.69 Å². The molecule has 1 rings (SSSR count). The summed E-state index contributed by atoms with van der Waals surface area (Å²) >= 11 is 2.82. The van der Waals surface area contributed by atoms with Gasteiger partial charge in [-0.25, -0.2) is 4.79 Å². The zero-order chi connectivity index (χ0) is 13.2. The van der Waals surface area contributed by atoms with E-state index in [1.807, 2.05) is 0 Å². The van der Waals surface area contributed by atoms with Gasteiger partial charge in [-0.05, 0) is 28.1 Å². The number of anilines is 1. The zero-order valence-electron chi connectivity index (χ0n) is 8.47. The van der Waals surface area contributed by atoms with Crippen molar-refractivity contribution in [3.05, 3.63) is 22.2 Å². The van der Waals surface area contributed by atoms with E-state index < -0.39 is 18.1 Å². The van der Waals surface area contributed by atoms with Gasteiger partial charge in [0.05, 0.1) is 11.6 Å². The molecule has 17 heavy (non-hydrogen) atoms. The number of carbonyl (C=O) groups is 1. The fourth-order valence-electron chi connectivity index (χ4n) is 1.08. The number of ether oxygens (including phenoxy) is 2. The van der Waals surface area contributed by atoms with Gasteiger partial charge in [-0.2, -0.15) is 0 Å². The summed E-state index contributed by atoms with van der Waals surface area (Å²) in [6.07, 6.45) is -4.86. The van der Waals surface area contributed by atoms with Crippen LogP contribution >= 0.6 is 15.9 Å². The molecule has 0 spiro atoms. The highest BCUT2D eigenvalue weighted by Gasteiger charge is 2.33. The zero-order valence-corrected chi connectivity index (χ0v) is 10.1. The molecule has 0 unspecified atom stereocenters. The number of nitrogens with two attached hydrogens (primary N) is 1. The molecule has 0 aliphatic heterocycles. The number of alkyl halides is 3. The molecule has 0 saturated carbocycles. The van der Waals surface area contributed by atoms with Crippen molar-refractivity contribution in [2.24, 2.45) is 0 Å². The maximum Gasteiger partial charge on any atom is 0.573 e. The number of rotatable bonds is 2. The Labute approximate surface area is 103 Å². The molecular formula is C9H7BrF3NO3. The van der Waals surface area contributed by atoms with Crippen molar-refractivity contribution in [1.82, 2.24) is 0 Å². The summed E-state index contributed by atoms with van der Waals surface area (Å²) in [4.78, 5) is 11.3. The van der Waals surface area contributed by atoms with Crippen LogP contribution < -0.4 is 10.5 Å². The Morgan fingerprint density at radius 2 is 2.00 bits per heavy atom. The highest BCUT2D eigenvalue weighted by molar-refractivity contribution is 9.10. The predicted octanol–water partition coefficient (Wildman–Crippen LogP) is 2.72. The first-order valence-electron chi connectivity index (χ1n) is 4.18. The van der Waals surface area contributed by atoms with Crippen LogP contribution in [-0.2, 0) is 4.74 Å². The summed E-state index contributed by atoms with van der Waals surface area (Å²) < 4.78 is 44.0. The SMILES string of the molecule is COC(=O)c1c(N)ccc(OC(F)(F)F)c1Br. The van der Waals surface area contributed by atoms with E-state index in [0.29, 0.717) is 0 Å². The van der Waals surface area contributed by atoms with Crippen LogP contribution in [0.15, 0.2) is 16.6 Å². The Kier molecular flexibility index (Phi) is 3.87. The van der Waals surface area contributed by atoms with E-state index in [0.717, 1.165) is 19.2 Å². The van der Waals surface area contributed by atoms with Gasteiger partial charge in [0.15, 0.2) is 0 Å². The number of halogens is 4. The molecule has 0 fully saturated rings. The second-order valence-corrected chi connectivity index (χ2v) is 3.67. The lowest BCUT2D eigenvalue weighted by Crippen LogP contribution is -2.18. The Hall–Kier alpha value is -1.44. The Balaban J connectivity index is 3.24. The lowest BCUT2D eigenvalue weighted by molar-refractivity contribution is -0.274. The summed E-state index contributed by atoms with van der Waals surface area (Å²) in [6.45, 7) is 0. The van der Waals surface area contributed by atoms with E-state index >= 15 is 0 Å². The molecule has 4 nitrogen and oxygen atoms in total. The van der Waals surface area contributed by atoms with Crippen LogP contribution in [0.4, 0.5) is 18.9 Å². The Bertz CT molecular complexity index is 448. The van der Waals surface area contributed by atoms with Crippen LogP contribution in [0.5, 0.6) is 5.75 Å².